The van der Waals surface area contributed by atoms with Crippen molar-refractivity contribution in [1.82, 2.24) is 20.3 Å². The summed E-state index contributed by atoms with van der Waals surface area (Å²) in [5, 5.41) is 11.6. The Labute approximate surface area is 148 Å². The molecule has 0 aliphatic carbocycles. The molecule has 0 saturated heterocycles. The van der Waals surface area contributed by atoms with Gasteiger partial charge in [-0.1, -0.05) is 5.16 Å². The highest BCUT2D eigenvalue weighted by Crippen LogP contribution is 2.24. The highest BCUT2D eigenvalue weighted by atomic mass is 19.1. The second-order valence-electron chi connectivity index (χ2n) is 5.19. The minimum absolute atomic E-state index is 0.0940. The maximum atomic E-state index is 13.0. The summed E-state index contributed by atoms with van der Waals surface area (Å²) >= 11 is 0. The molecule has 0 bridgehead atoms. The standard InChI is InChI=1S/C17H15FN4O4/c1-3-24-17(23)14-6-7-15(21-20-14)25-9-12-10(2)26-22-16(12)13-5-4-11(18)8-19-13/h4-8H,3,9H2,1-2H3. The van der Waals surface area contributed by atoms with E-state index in [-0.39, 0.29) is 24.8 Å². The predicted molar refractivity (Wildman–Crippen MR) is 86.7 cm³/mol. The molecular formula is C17H15FN4O4. The van der Waals surface area contributed by atoms with Gasteiger partial charge in [-0.2, -0.15) is 0 Å². The van der Waals surface area contributed by atoms with Gasteiger partial charge in [0.1, 0.15) is 23.9 Å². The summed E-state index contributed by atoms with van der Waals surface area (Å²) in [4.78, 5) is 15.5. The van der Waals surface area contributed by atoms with E-state index in [1.54, 1.807) is 13.8 Å². The average Bonchev–Trinajstić information content (AvgIpc) is 3.02. The van der Waals surface area contributed by atoms with Crippen LogP contribution in [0.25, 0.3) is 11.4 Å². The molecule has 0 radical (unpaired) electrons. The van der Waals surface area contributed by atoms with Crippen molar-refractivity contribution in [2.45, 2.75) is 20.5 Å². The van der Waals surface area contributed by atoms with Gasteiger partial charge >= 0.3 is 5.97 Å². The van der Waals surface area contributed by atoms with Crippen LogP contribution in [0.5, 0.6) is 5.88 Å². The second-order valence-corrected chi connectivity index (χ2v) is 5.19. The predicted octanol–water partition coefficient (Wildman–Crippen LogP) is 2.73. The Hall–Kier alpha value is -3.36. The van der Waals surface area contributed by atoms with Crippen LogP contribution in [-0.4, -0.2) is 32.9 Å². The third-order valence-electron chi connectivity index (χ3n) is 3.44. The van der Waals surface area contributed by atoms with E-state index >= 15 is 0 Å². The van der Waals surface area contributed by atoms with Crippen LogP contribution in [0.15, 0.2) is 35.0 Å². The van der Waals surface area contributed by atoms with Crippen molar-refractivity contribution in [2.24, 2.45) is 0 Å². The molecule has 134 valence electrons. The van der Waals surface area contributed by atoms with Gasteiger partial charge in [0.2, 0.25) is 5.88 Å². The van der Waals surface area contributed by atoms with Crippen molar-refractivity contribution >= 4 is 5.97 Å². The van der Waals surface area contributed by atoms with Crippen LogP contribution in [0.2, 0.25) is 0 Å². The third-order valence-corrected chi connectivity index (χ3v) is 3.44. The quantitative estimate of drug-likeness (QED) is 0.620. The first kappa shape index (κ1) is 17.5. The van der Waals surface area contributed by atoms with Gasteiger partial charge in [-0.15, -0.1) is 10.2 Å². The number of rotatable bonds is 6. The molecule has 0 unspecified atom stereocenters. The Kier molecular flexibility index (Phi) is 5.16. The van der Waals surface area contributed by atoms with E-state index in [1.165, 1.54) is 24.3 Å². The zero-order chi connectivity index (χ0) is 18.5. The number of pyridine rings is 1. The summed E-state index contributed by atoms with van der Waals surface area (Å²) in [6.45, 7) is 3.79. The van der Waals surface area contributed by atoms with Crippen LogP contribution >= 0.6 is 0 Å². The number of hydrogen-bond donors (Lipinski definition) is 0. The minimum atomic E-state index is -0.550. The lowest BCUT2D eigenvalue weighted by Gasteiger charge is -2.06. The molecular weight excluding hydrogens is 343 g/mol. The number of aromatic nitrogens is 4. The van der Waals surface area contributed by atoms with Gasteiger partial charge in [0.15, 0.2) is 5.69 Å². The molecule has 0 saturated carbocycles. The lowest BCUT2D eigenvalue weighted by atomic mass is 10.1. The smallest absolute Gasteiger partial charge is 0.358 e. The van der Waals surface area contributed by atoms with Crippen molar-refractivity contribution in [1.29, 1.82) is 0 Å². The fourth-order valence-corrected chi connectivity index (χ4v) is 2.14. The summed E-state index contributed by atoms with van der Waals surface area (Å²) < 4.78 is 28.6. The number of ether oxygens (including phenoxy) is 2. The number of carbonyl (C=O) groups is 1. The largest absolute Gasteiger partial charge is 0.472 e. The lowest BCUT2D eigenvalue weighted by molar-refractivity contribution is 0.0517. The van der Waals surface area contributed by atoms with Gasteiger partial charge in [0.25, 0.3) is 0 Å². The Morgan fingerprint density at radius 2 is 2.08 bits per heavy atom. The summed E-state index contributed by atoms with van der Waals surface area (Å²) in [6, 6.07) is 5.77. The zero-order valence-electron chi connectivity index (χ0n) is 14.1. The first-order valence-corrected chi connectivity index (χ1v) is 7.79. The highest BCUT2D eigenvalue weighted by Gasteiger charge is 2.17. The SMILES string of the molecule is CCOC(=O)c1ccc(OCc2c(-c3ccc(F)cn3)noc2C)nn1. The van der Waals surface area contributed by atoms with E-state index in [0.717, 1.165) is 6.20 Å². The van der Waals surface area contributed by atoms with E-state index in [9.17, 15) is 9.18 Å². The van der Waals surface area contributed by atoms with Gasteiger partial charge in [-0.25, -0.2) is 9.18 Å². The molecule has 0 atom stereocenters. The van der Waals surface area contributed by atoms with Crippen molar-refractivity contribution in [2.75, 3.05) is 6.61 Å². The van der Waals surface area contributed by atoms with Crippen LogP contribution in [0.4, 0.5) is 4.39 Å². The highest BCUT2D eigenvalue weighted by molar-refractivity contribution is 5.86. The van der Waals surface area contributed by atoms with Crippen molar-refractivity contribution in [3.05, 3.63) is 53.3 Å². The summed E-state index contributed by atoms with van der Waals surface area (Å²) in [5.41, 5.74) is 1.67. The molecule has 0 fully saturated rings. The Balaban J connectivity index is 1.73. The molecule has 3 rings (SSSR count). The van der Waals surface area contributed by atoms with Crippen LogP contribution < -0.4 is 4.74 Å². The minimum Gasteiger partial charge on any atom is -0.472 e. The van der Waals surface area contributed by atoms with Crippen molar-refractivity contribution in [3.8, 4) is 17.3 Å². The van der Waals surface area contributed by atoms with Crippen LogP contribution in [0.3, 0.4) is 0 Å². The van der Waals surface area contributed by atoms with Gasteiger partial charge in [-0.3, -0.25) is 4.98 Å². The second kappa shape index (κ2) is 7.68. The van der Waals surface area contributed by atoms with E-state index in [2.05, 4.69) is 20.3 Å². The first-order chi connectivity index (χ1) is 12.6. The molecule has 0 aromatic carbocycles. The third kappa shape index (κ3) is 3.82. The Morgan fingerprint density at radius 3 is 2.73 bits per heavy atom. The monoisotopic (exact) mass is 358 g/mol. The molecule has 9 heteroatoms. The number of halogens is 1. The van der Waals surface area contributed by atoms with Gasteiger partial charge in [-0.05, 0) is 32.0 Å². The molecule has 3 aromatic rings. The molecule has 0 N–H and O–H groups in total. The molecule has 0 aliphatic rings. The molecule has 3 aromatic heterocycles. The number of nitrogens with zero attached hydrogens (tertiary/aromatic N) is 4. The normalized spacial score (nSPS) is 10.6. The number of aryl methyl sites for hydroxylation is 1. The molecule has 3 heterocycles. The van der Waals surface area contributed by atoms with E-state index < -0.39 is 11.8 Å². The van der Waals surface area contributed by atoms with E-state index in [0.29, 0.717) is 22.7 Å². The Bertz CT molecular complexity index is 894. The van der Waals surface area contributed by atoms with E-state index in [4.69, 9.17) is 14.0 Å². The first-order valence-electron chi connectivity index (χ1n) is 7.79. The topological polar surface area (TPSA) is 100 Å². The van der Waals surface area contributed by atoms with Crippen molar-refractivity contribution in [3.63, 3.8) is 0 Å². The molecule has 8 nitrogen and oxygen atoms in total. The van der Waals surface area contributed by atoms with E-state index in [1.807, 2.05) is 0 Å². The van der Waals surface area contributed by atoms with Gasteiger partial charge in [0, 0.05) is 6.07 Å². The number of esters is 1. The maximum absolute atomic E-state index is 13.0. The molecule has 0 amide bonds. The zero-order valence-corrected chi connectivity index (χ0v) is 14.1. The fraction of sp³-hybridized carbons (Fsp3) is 0.235. The maximum Gasteiger partial charge on any atom is 0.358 e. The van der Waals surface area contributed by atoms with Crippen molar-refractivity contribution < 1.29 is 23.2 Å². The molecule has 0 spiro atoms. The molecule has 0 aliphatic heterocycles. The summed E-state index contributed by atoms with van der Waals surface area (Å²) in [6.07, 6.45) is 1.10. The van der Waals surface area contributed by atoms with Gasteiger partial charge < -0.3 is 14.0 Å². The lowest BCUT2D eigenvalue weighted by Crippen LogP contribution is -2.08. The average molecular weight is 358 g/mol. The number of carbonyl (C=O) groups excluding carboxylic acids is 1. The fourth-order valence-electron chi connectivity index (χ4n) is 2.14. The van der Waals surface area contributed by atoms with Crippen LogP contribution in [0, 0.1) is 12.7 Å². The molecule has 26 heavy (non-hydrogen) atoms. The number of hydrogen-bond acceptors (Lipinski definition) is 8. The Morgan fingerprint density at radius 1 is 1.23 bits per heavy atom. The van der Waals surface area contributed by atoms with Crippen LogP contribution in [0.1, 0.15) is 28.7 Å². The summed E-state index contributed by atoms with van der Waals surface area (Å²) in [5.74, 6) is -0.228. The summed E-state index contributed by atoms with van der Waals surface area (Å²) in [7, 11) is 0. The van der Waals surface area contributed by atoms with Crippen LogP contribution in [-0.2, 0) is 11.3 Å². The van der Waals surface area contributed by atoms with Gasteiger partial charge in [0.05, 0.1) is 24.1 Å².